The number of imidazole rings is 1. The van der Waals surface area contributed by atoms with Crippen molar-refractivity contribution >= 4 is 22.8 Å². The van der Waals surface area contributed by atoms with Crippen molar-refractivity contribution in [2.75, 3.05) is 18.5 Å². The quantitative estimate of drug-likeness (QED) is 0.509. The second kappa shape index (κ2) is 7.79. The van der Waals surface area contributed by atoms with Gasteiger partial charge in [-0.1, -0.05) is 0 Å². The zero-order valence-corrected chi connectivity index (χ0v) is 14.0. The number of aliphatic hydroxyl groups is 1. The Morgan fingerprint density at radius 1 is 1.27 bits per heavy atom. The summed E-state index contributed by atoms with van der Waals surface area (Å²) < 4.78 is 3.46. The van der Waals surface area contributed by atoms with Gasteiger partial charge in [-0.2, -0.15) is 0 Å². The Labute approximate surface area is 148 Å². The van der Waals surface area contributed by atoms with Crippen LogP contribution in [-0.2, 0) is 13.1 Å². The lowest BCUT2D eigenvalue weighted by atomic mass is 10.2. The lowest BCUT2D eigenvalue weighted by molar-refractivity contribution is 0.0694. The number of hydrogen-bond acceptors (Lipinski definition) is 6. The molecule has 0 aliphatic heterocycles. The van der Waals surface area contributed by atoms with Gasteiger partial charge in [-0.05, 0) is 18.6 Å². The molecule has 0 saturated carbocycles. The molecular weight excluding hydrogens is 338 g/mol. The Hall–Kier alpha value is -3.20. The van der Waals surface area contributed by atoms with Crippen molar-refractivity contribution < 1.29 is 15.0 Å². The third-order valence-electron chi connectivity index (χ3n) is 3.95. The highest BCUT2D eigenvalue weighted by molar-refractivity contribution is 5.92. The monoisotopic (exact) mass is 357 g/mol. The number of nitrogens with zero attached hydrogens (tertiary/aromatic N) is 4. The van der Waals surface area contributed by atoms with Gasteiger partial charge >= 0.3 is 5.97 Å². The summed E-state index contributed by atoms with van der Waals surface area (Å²) in [6.07, 6.45) is 7.45. The molecule has 9 nitrogen and oxygen atoms in total. The van der Waals surface area contributed by atoms with Gasteiger partial charge in [0, 0.05) is 38.2 Å². The van der Waals surface area contributed by atoms with Gasteiger partial charge in [0.2, 0.25) is 5.43 Å². The molecule has 26 heavy (non-hydrogen) atoms. The van der Waals surface area contributed by atoms with E-state index >= 15 is 0 Å². The highest BCUT2D eigenvalue weighted by Crippen LogP contribution is 2.14. The Kier molecular flexibility index (Phi) is 5.28. The number of aryl methyl sites for hydroxylation is 1. The largest absolute Gasteiger partial charge is 0.477 e. The second-order valence-electron chi connectivity index (χ2n) is 5.74. The summed E-state index contributed by atoms with van der Waals surface area (Å²) in [6, 6.07) is 3.21. The van der Waals surface area contributed by atoms with Gasteiger partial charge in [0.1, 0.15) is 17.0 Å². The van der Waals surface area contributed by atoms with Crippen LogP contribution in [0.5, 0.6) is 0 Å². The van der Waals surface area contributed by atoms with Crippen molar-refractivity contribution in [3.63, 3.8) is 0 Å². The summed E-state index contributed by atoms with van der Waals surface area (Å²) >= 11 is 0. The van der Waals surface area contributed by atoms with Gasteiger partial charge in [0.05, 0.1) is 18.3 Å². The van der Waals surface area contributed by atoms with E-state index in [0.717, 1.165) is 13.0 Å². The molecule has 0 fully saturated rings. The van der Waals surface area contributed by atoms with Gasteiger partial charge in [0.25, 0.3) is 0 Å². The van der Waals surface area contributed by atoms with Gasteiger partial charge in [-0.15, -0.1) is 0 Å². The van der Waals surface area contributed by atoms with Crippen LogP contribution in [0.3, 0.4) is 0 Å². The van der Waals surface area contributed by atoms with Gasteiger partial charge in [-0.3, -0.25) is 4.79 Å². The van der Waals surface area contributed by atoms with E-state index in [1.165, 1.54) is 10.8 Å². The summed E-state index contributed by atoms with van der Waals surface area (Å²) in [6.45, 7) is 1.45. The Balaban J connectivity index is 1.82. The number of hydrogen-bond donors (Lipinski definition) is 3. The fourth-order valence-corrected chi connectivity index (χ4v) is 2.69. The molecule has 3 aromatic heterocycles. The van der Waals surface area contributed by atoms with Crippen LogP contribution in [0, 0.1) is 0 Å². The number of rotatable bonds is 8. The standard InChI is InChI=1S/C17H19N5O4/c23-9-8-22-10-13(17(25)26)15(24)12-2-3-14(20-16(12)22)19-4-1-6-21-7-5-18-11-21/h2-3,5,7,10-11,23H,1,4,6,8-9H2,(H,19,20)(H,25,26). The lowest BCUT2D eigenvalue weighted by Gasteiger charge is -2.12. The normalized spacial score (nSPS) is 11.0. The summed E-state index contributed by atoms with van der Waals surface area (Å²) in [5, 5.41) is 21.8. The zero-order valence-electron chi connectivity index (χ0n) is 14.0. The third kappa shape index (κ3) is 3.72. The summed E-state index contributed by atoms with van der Waals surface area (Å²) in [5.74, 6) is -0.720. The van der Waals surface area contributed by atoms with E-state index in [1.807, 2.05) is 10.8 Å². The number of carboxylic acid groups (broad SMARTS) is 1. The first-order valence-electron chi connectivity index (χ1n) is 8.18. The minimum absolute atomic E-state index is 0.147. The maximum atomic E-state index is 12.3. The van der Waals surface area contributed by atoms with Gasteiger partial charge in [0.15, 0.2) is 0 Å². The molecule has 0 aromatic carbocycles. The van der Waals surface area contributed by atoms with Crippen molar-refractivity contribution in [3.8, 4) is 0 Å². The van der Waals surface area contributed by atoms with Crippen LogP contribution in [0.4, 0.5) is 5.82 Å². The van der Waals surface area contributed by atoms with E-state index in [9.17, 15) is 19.8 Å². The van der Waals surface area contributed by atoms with Crippen LogP contribution >= 0.6 is 0 Å². The van der Waals surface area contributed by atoms with Crippen molar-refractivity contribution in [2.45, 2.75) is 19.5 Å². The molecule has 0 saturated heterocycles. The van der Waals surface area contributed by atoms with E-state index in [0.29, 0.717) is 18.0 Å². The third-order valence-corrected chi connectivity index (χ3v) is 3.95. The van der Waals surface area contributed by atoms with E-state index in [-0.39, 0.29) is 24.1 Å². The second-order valence-corrected chi connectivity index (χ2v) is 5.74. The van der Waals surface area contributed by atoms with Crippen LogP contribution in [0.2, 0.25) is 0 Å². The van der Waals surface area contributed by atoms with E-state index in [1.54, 1.807) is 24.7 Å². The van der Waals surface area contributed by atoms with Crippen molar-refractivity contribution in [2.24, 2.45) is 0 Å². The first-order chi connectivity index (χ1) is 12.6. The molecule has 0 atom stereocenters. The van der Waals surface area contributed by atoms with Crippen molar-refractivity contribution in [1.82, 2.24) is 19.1 Å². The lowest BCUT2D eigenvalue weighted by Crippen LogP contribution is -2.20. The molecule has 0 unspecified atom stereocenters. The molecule has 3 N–H and O–H groups in total. The molecule has 0 bridgehead atoms. The Bertz CT molecular complexity index is 965. The highest BCUT2D eigenvalue weighted by atomic mass is 16.4. The number of fused-ring (bicyclic) bond motifs is 1. The number of aromatic carboxylic acids is 1. The molecule has 0 aliphatic rings. The fraction of sp³-hybridized carbons (Fsp3) is 0.294. The molecule has 9 heteroatoms. The Morgan fingerprint density at radius 2 is 2.12 bits per heavy atom. The molecular formula is C17H19N5O4. The number of carboxylic acids is 1. The fourth-order valence-electron chi connectivity index (χ4n) is 2.69. The number of nitrogens with one attached hydrogen (secondary N) is 1. The van der Waals surface area contributed by atoms with Crippen LogP contribution < -0.4 is 10.7 Å². The molecule has 0 aliphatic carbocycles. The SMILES string of the molecule is O=C(O)c1cn(CCO)c2nc(NCCCn3ccnc3)ccc2c1=O. The van der Waals surface area contributed by atoms with E-state index < -0.39 is 11.4 Å². The van der Waals surface area contributed by atoms with Crippen LogP contribution in [-0.4, -0.2) is 48.4 Å². The summed E-state index contributed by atoms with van der Waals surface area (Å²) in [4.78, 5) is 32.0. The van der Waals surface area contributed by atoms with Crippen molar-refractivity contribution in [1.29, 1.82) is 0 Å². The maximum Gasteiger partial charge on any atom is 0.341 e. The Morgan fingerprint density at radius 3 is 2.81 bits per heavy atom. The average Bonchev–Trinajstić information content (AvgIpc) is 3.14. The average molecular weight is 357 g/mol. The minimum atomic E-state index is -1.30. The predicted octanol–water partition coefficient (Wildman–Crippen LogP) is 0.786. The van der Waals surface area contributed by atoms with Crippen LogP contribution in [0.15, 0.2) is 41.8 Å². The number of anilines is 1. The molecule has 0 spiro atoms. The molecule has 136 valence electrons. The molecule has 3 aromatic rings. The topological polar surface area (TPSA) is 122 Å². The van der Waals surface area contributed by atoms with Crippen LogP contribution in [0.1, 0.15) is 16.8 Å². The first kappa shape index (κ1) is 17.6. The van der Waals surface area contributed by atoms with Gasteiger partial charge < -0.3 is 24.7 Å². The number of carbonyl (C=O) groups is 1. The van der Waals surface area contributed by atoms with E-state index in [4.69, 9.17) is 0 Å². The molecule has 3 rings (SSSR count). The van der Waals surface area contributed by atoms with Crippen molar-refractivity contribution in [3.05, 3.63) is 52.8 Å². The van der Waals surface area contributed by atoms with E-state index in [2.05, 4.69) is 15.3 Å². The summed E-state index contributed by atoms with van der Waals surface area (Å²) in [7, 11) is 0. The zero-order chi connectivity index (χ0) is 18.5. The smallest absolute Gasteiger partial charge is 0.341 e. The molecule has 0 amide bonds. The van der Waals surface area contributed by atoms with Crippen LogP contribution in [0.25, 0.3) is 11.0 Å². The highest BCUT2D eigenvalue weighted by Gasteiger charge is 2.15. The number of aliphatic hydroxyl groups excluding tert-OH is 1. The molecule has 0 radical (unpaired) electrons. The first-order valence-corrected chi connectivity index (χ1v) is 8.18. The summed E-state index contributed by atoms with van der Waals surface area (Å²) in [5.41, 5.74) is -0.580. The number of pyridine rings is 2. The molecule has 3 heterocycles. The number of aromatic nitrogens is 4. The maximum absolute atomic E-state index is 12.3. The van der Waals surface area contributed by atoms with Gasteiger partial charge in [-0.25, -0.2) is 14.8 Å². The minimum Gasteiger partial charge on any atom is -0.477 e. The predicted molar refractivity (Wildman–Crippen MR) is 95.4 cm³/mol.